The van der Waals surface area contributed by atoms with E-state index >= 15 is 0 Å². The van der Waals surface area contributed by atoms with Gasteiger partial charge in [0.2, 0.25) is 0 Å². The summed E-state index contributed by atoms with van der Waals surface area (Å²) in [7, 11) is 0.399. The van der Waals surface area contributed by atoms with E-state index in [1.165, 1.54) is 36.4 Å². The normalized spacial score (nSPS) is 10.1. The van der Waals surface area contributed by atoms with Gasteiger partial charge < -0.3 is 31.1 Å². The molecule has 0 unspecified atom stereocenters. The number of phenolic OH excluding ortho intramolecular Hbond substituents is 4. The Balaban J connectivity index is 1.78. The first-order valence-electron chi connectivity index (χ1n) is 7.50. The zero-order valence-electron chi connectivity index (χ0n) is 13.2. The van der Waals surface area contributed by atoms with Gasteiger partial charge in [-0.1, -0.05) is 12.1 Å². The zero-order valence-corrected chi connectivity index (χ0v) is 13.2. The third kappa shape index (κ3) is 4.34. The van der Waals surface area contributed by atoms with E-state index in [1.54, 1.807) is 0 Å². The minimum atomic E-state index is -0.551. The lowest BCUT2D eigenvalue weighted by molar-refractivity contribution is 0.0951. The molecule has 2 rings (SSSR count). The van der Waals surface area contributed by atoms with Gasteiger partial charge in [0.15, 0.2) is 30.3 Å². The molecule has 130 valence electrons. The maximum Gasteiger partial charge on any atom is 0.254 e. The fourth-order valence-electron chi connectivity index (χ4n) is 2.11. The maximum atomic E-state index is 11.9. The summed E-state index contributed by atoms with van der Waals surface area (Å²) >= 11 is 0. The van der Waals surface area contributed by atoms with Crippen LogP contribution in [0.1, 0.15) is 20.7 Å². The number of hydrogen-bond donors (Lipinski definition) is 6. The summed E-state index contributed by atoms with van der Waals surface area (Å²) in [5.74, 6) is -2.85. The number of para-hydroxylation sites is 2. The molecule has 0 radical (unpaired) electrons. The first-order chi connectivity index (χ1) is 11.9. The van der Waals surface area contributed by atoms with Crippen LogP contribution in [0.3, 0.4) is 0 Å². The molecule has 0 saturated heterocycles. The number of benzene rings is 2. The monoisotopic (exact) mass is 344 g/mol. The summed E-state index contributed by atoms with van der Waals surface area (Å²) in [5, 5.41) is 43.0. The Bertz CT molecular complexity index is 731. The highest BCUT2D eigenvalue weighted by Gasteiger charge is 2.15. The van der Waals surface area contributed by atoms with Crippen molar-refractivity contribution in [1.82, 2.24) is 10.6 Å². The van der Waals surface area contributed by atoms with E-state index in [0.717, 1.165) is 0 Å². The van der Waals surface area contributed by atoms with E-state index in [1.807, 2.05) is 0 Å². The van der Waals surface area contributed by atoms with Crippen molar-refractivity contribution in [2.24, 2.45) is 0 Å². The minimum absolute atomic E-state index is 0.0475. The van der Waals surface area contributed by atoms with Crippen LogP contribution >= 0.6 is 0 Å². The Labute approximate surface area is 144 Å². The van der Waals surface area contributed by atoms with Gasteiger partial charge in [0.1, 0.15) is 0 Å². The molecule has 25 heavy (non-hydrogen) atoms. The highest BCUT2D eigenvalue weighted by atomic mass is 16.3. The SMILES string of the molecule is O=C(NCBCNC(=O)c1cccc(O)c1O)c1cccc(O)c1O. The van der Waals surface area contributed by atoms with Gasteiger partial charge in [0.05, 0.1) is 11.1 Å². The smallest absolute Gasteiger partial charge is 0.254 e. The number of aromatic hydroxyl groups is 4. The highest BCUT2D eigenvalue weighted by Crippen LogP contribution is 2.28. The molecular formula is C16H17BN2O6. The van der Waals surface area contributed by atoms with E-state index in [-0.39, 0.29) is 35.5 Å². The Morgan fingerprint density at radius 3 is 1.56 bits per heavy atom. The van der Waals surface area contributed by atoms with Crippen LogP contribution in [0.2, 0.25) is 0 Å². The van der Waals surface area contributed by atoms with Gasteiger partial charge >= 0.3 is 0 Å². The molecule has 2 aromatic carbocycles. The number of phenols is 4. The number of carbonyl (C=O) groups is 2. The number of amides is 2. The van der Waals surface area contributed by atoms with Gasteiger partial charge in [-0.2, -0.15) is 0 Å². The second-order valence-corrected chi connectivity index (χ2v) is 5.21. The number of nitrogens with one attached hydrogen (secondary N) is 2. The van der Waals surface area contributed by atoms with Crippen LogP contribution in [0.25, 0.3) is 0 Å². The average molecular weight is 344 g/mol. The van der Waals surface area contributed by atoms with Crippen molar-refractivity contribution in [2.75, 3.05) is 12.9 Å². The van der Waals surface area contributed by atoms with Crippen LogP contribution in [0.15, 0.2) is 36.4 Å². The van der Waals surface area contributed by atoms with Gasteiger partial charge in [0, 0.05) is 0 Å². The molecule has 9 heteroatoms. The van der Waals surface area contributed by atoms with Crippen LogP contribution < -0.4 is 10.6 Å². The quantitative estimate of drug-likeness (QED) is 0.248. The molecule has 8 nitrogen and oxygen atoms in total. The largest absolute Gasteiger partial charge is 0.504 e. The molecule has 0 aliphatic heterocycles. The summed E-state index contributed by atoms with van der Waals surface area (Å²) < 4.78 is 0. The van der Waals surface area contributed by atoms with Gasteiger partial charge in [-0.15, -0.1) is 0 Å². The first-order valence-corrected chi connectivity index (χ1v) is 7.50. The second kappa shape index (κ2) is 7.96. The molecule has 2 amide bonds. The van der Waals surface area contributed by atoms with E-state index in [4.69, 9.17) is 0 Å². The van der Waals surface area contributed by atoms with Crippen molar-refractivity contribution in [1.29, 1.82) is 0 Å². The van der Waals surface area contributed by atoms with Crippen molar-refractivity contribution < 1.29 is 30.0 Å². The molecule has 2 aromatic rings. The van der Waals surface area contributed by atoms with E-state index in [9.17, 15) is 30.0 Å². The molecule has 0 heterocycles. The third-order valence-corrected chi connectivity index (χ3v) is 3.44. The predicted molar refractivity (Wildman–Crippen MR) is 91.4 cm³/mol. The predicted octanol–water partition coefficient (Wildman–Crippen LogP) is 0.0203. The van der Waals surface area contributed by atoms with Crippen molar-refractivity contribution in [2.45, 2.75) is 0 Å². The molecule has 0 bridgehead atoms. The summed E-state index contributed by atoms with van der Waals surface area (Å²) in [4.78, 5) is 23.8. The molecule has 0 aromatic heterocycles. The first kappa shape index (κ1) is 18.0. The highest BCUT2D eigenvalue weighted by molar-refractivity contribution is 6.37. The lowest BCUT2D eigenvalue weighted by atomic mass is 9.78. The van der Waals surface area contributed by atoms with Crippen molar-refractivity contribution in [3.8, 4) is 23.0 Å². The van der Waals surface area contributed by atoms with Crippen molar-refractivity contribution >= 4 is 19.1 Å². The lowest BCUT2D eigenvalue weighted by Crippen LogP contribution is -2.35. The van der Waals surface area contributed by atoms with Crippen LogP contribution in [0.5, 0.6) is 23.0 Å². The van der Waals surface area contributed by atoms with Gasteiger partial charge in [-0.25, -0.2) is 0 Å². The van der Waals surface area contributed by atoms with E-state index in [2.05, 4.69) is 10.6 Å². The van der Waals surface area contributed by atoms with Crippen molar-refractivity contribution in [3.05, 3.63) is 47.5 Å². The van der Waals surface area contributed by atoms with E-state index < -0.39 is 23.3 Å². The topological polar surface area (TPSA) is 139 Å². The fourth-order valence-corrected chi connectivity index (χ4v) is 2.11. The molecule has 0 spiro atoms. The van der Waals surface area contributed by atoms with Gasteiger partial charge in [0.25, 0.3) is 11.8 Å². The fraction of sp³-hybridized carbons (Fsp3) is 0.125. The number of hydrogen-bond acceptors (Lipinski definition) is 6. The molecule has 0 fully saturated rings. The molecular weight excluding hydrogens is 327 g/mol. The molecule has 0 atom stereocenters. The Hall–Kier alpha value is -3.36. The molecule has 0 aliphatic rings. The average Bonchev–Trinajstić information content (AvgIpc) is 2.59. The zero-order chi connectivity index (χ0) is 18.4. The van der Waals surface area contributed by atoms with Crippen LogP contribution in [-0.4, -0.2) is 52.4 Å². The summed E-state index contributed by atoms with van der Waals surface area (Å²) in [6.07, 6.45) is 0.445. The van der Waals surface area contributed by atoms with Crippen LogP contribution in [-0.2, 0) is 0 Å². The van der Waals surface area contributed by atoms with Crippen LogP contribution in [0.4, 0.5) is 0 Å². The summed E-state index contributed by atoms with van der Waals surface area (Å²) in [6, 6.07) is 8.14. The second-order valence-electron chi connectivity index (χ2n) is 5.21. The standard InChI is InChI=1S/C16H17BN2O6/c20-11-5-1-3-9(13(11)22)15(24)18-7-17-8-19-16(25)10-4-2-6-12(21)14(10)23/h1-6,17,20-23H,7-8H2,(H,18,24)(H,19,25). The van der Waals surface area contributed by atoms with Crippen molar-refractivity contribution in [3.63, 3.8) is 0 Å². The molecule has 6 N–H and O–H groups in total. The Morgan fingerprint density at radius 1 is 0.760 bits per heavy atom. The van der Waals surface area contributed by atoms with Crippen LogP contribution in [0, 0.1) is 0 Å². The Morgan fingerprint density at radius 2 is 1.16 bits per heavy atom. The third-order valence-electron chi connectivity index (χ3n) is 3.44. The maximum absolute atomic E-state index is 11.9. The summed E-state index contributed by atoms with van der Waals surface area (Å²) in [5.41, 5.74) is -0.0950. The summed E-state index contributed by atoms with van der Waals surface area (Å²) in [6.45, 7) is 0. The molecule has 0 saturated carbocycles. The van der Waals surface area contributed by atoms with Gasteiger partial charge in [-0.05, 0) is 37.2 Å². The Kier molecular flexibility index (Phi) is 5.73. The molecule has 0 aliphatic carbocycles. The minimum Gasteiger partial charge on any atom is -0.504 e. The van der Waals surface area contributed by atoms with E-state index in [0.29, 0.717) is 7.28 Å². The lowest BCUT2D eigenvalue weighted by Gasteiger charge is -2.09. The van der Waals surface area contributed by atoms with Gasteiger partial charge in [-0.3, -0.25) is 9.59 Å². The number of rotatable bonds is 6. The number of carbonyl (C=O) groups excluding carboxylic acids is 2.